The van der Waals surface area contributed by atoms with Crippen molar-refractivity contribution in [2.24, 2.45) is 0 Å². The summed E-state index contributed by atoms with van der Waals surface area (Å²) in [6.07, 6.45) is -1.45. The minimum Gasteiger partial charge on any atom is -0.322 e. The monoisotopic (exact) mass is 589 g/mol. The largest absolute Gasteiger partial charge is 0.416 e. The number of fused-ring (bicyclic) bond motifs is 1. The first-order valence-electron chi connectivity index (χ1n) is 13.3. The number of nitrogens with zero attached hydrogens (tertiary/aromatic N) is 4. The molecular formula is C30H26F3N7O3. The Morgan fingerprint density at radius 1 is 1.07 bits per heavy atom. The van der Waals surface area contributed by atoms with Gasteiger partial charge in [-0.25, -0.2) is 9.50 Å². The van der Waals surface area contributed by atoms with Crippen LogP contribution in [0.3, 0.4) is 0 Å². The minimum absolute atomic E-state index is 0.00672. The second-order valence-electron chi connectivity index (χ2n) is 9.90. The summed E-state index contributed by atoms with van der Waals surface area (Å²) >= 11 is 0. The van der Waals surface area contributed by atoms with Crippen molar-refractivity contribution in [3.63, 3.8) is 0 Å². The van der Waals surface area contributed by atoms with Gasteiger partial charge in [-0.2, -0.15) is 18.3 Å². The molecule has 3 heterocycles. The van der Waals surface area contributed by atoms with Crippen LogP contribution in [0, 0.1) is 18.8 Å². The number of amides is 3. The predicted octanol–water partition coefficient (Wildman–Crippen LogP) is 2.76. The van der Waals surface area contributed by atoms with E-state index in [4.69, 9.17) is 0 Å². The molecule has 13 heteroatoms. The maximum Gasteiger partial charge on any atom is 0.416 e. The Morgan fingerprint density at radius 2 is 1.86 bits per heavy atom. The zero-order valence-electron chi connectivity index (χ0n) is 23.0. The molecule has 10 nitrogen and oxygen atoms in total. The average molecular weight is 590 g/mol. The number of aromatic nitrogens is 3. The Morgan fingerprint density at radius 3 is 2.63 bits per heavy atom. The maximum atomic E-state index is 13.9. The molecule has 5 rings (SSSR count). The summed E-state index contributed by atoms with van der Waals surface area (Å²) in [4.78, 5) is 41.8. The van der Waals surface area contributed by atoms with Gasteiger partial charge in [0.1, 0.15) is 5.69 Å². The number of anilines is 1. The molecule has 2 aromatic heterocycles. The van der Waals surface area contributed by atoms with E-state index < -0.39 is 29.5 Å². The summed E-state index contributed by atoms with van der Waals surface area (Å²) in [7, 11) is 0. The van der Waals surface area contributed by atoms with Crippen LogP contribution in [0.2, 0.25) is 0 Å². The van der Waals surface area contributed by atoms with E-state index in [-0.39, 0.29) is 43.0 Å². The second kappa shape index (κ2) is 12.4. The Bertz CT molecular complexity index is 1760. The van der Waals surface area contributed by atoms with Crippen LogP contribution in [0.1, 0.15) is 38.3 Å². The molecule has 0 spiro atoms. The number of alkyl halides is 3. The van der Waals surface area contributed by atoms with Crippen molar-refractivity contribution < 1.29 is 27.6 Å². The number of hydrogen-bond acceptors (Lipinski definition) is 7. The number of nitrogens with one attached hydrogen (secondary N) is 3. The molecule has 0 saturated carbocycles. The van der Waals surface area contributed by atoms with Gasteiger partial charge in [0.25, 0.3) is 5.91 Å². The molecule has 3 amide bonds. The molecule has 2 aromatic carbocycles. The third kappa shape index (κ3) is 7.24. The fourth-order valence-corrected chi connectivity index (χ4v) is 4.53. The molecule has 3 N–H and O–H groups in total. The lowest BCUT2D eigenvalue weighted by atomic mass is 10.0. The lowest BCUT2D eigenvalue weighted by Crippen LogP contribution is -2.52. The van der Waals surface area contributed by atoms with Crippen LogP contribution < -0.4 is 16.0 Å². The zero-order chi connectivity index (χ0) is 30.6. The summed E-state index contributed by atoms with van der Waals surface area (Å²) in [6.45, 7) is 2.41. The molecule has 220 valence electrons. The molecule has 1 fully saturated rings. The van der Waals surface area contributed by atoms with Gasteiger partial charge < -0.3 is 10.6 Å². The first kappa shape index (κ1) is 29.4. The second-order valence-corrected chi connectivity index (χ2v) is 9.90. The highest BCUT2D eigenvalue weighted by molar-refractivity contribution is 6.04. The summed E-state index contributed by atoms with van der Waals surface area (Å²) in [5.41, 5.74) is 1.92. The van der Waals surface area contributed by atoms with Gasteiger partial charge >= 0.3 is 6.18 Å². The van der Waals surface area contributed by atoms with Gasteiger partial charge in [-0.15, -0.1) is 0 Å². The molecule has 1 aliphatic heterocycles. The number of imide groups is 1. The Labute approximate surface area is 244 Å². The van der Waals surface area contributed by atoms with E-state index in [0.717, 1.165) is 11.6 Å². The van der Waals surface area contributed by atoms with E-state index in [1.165, 1.54) is 12.1 Å². The van der Waals surface area contributed by atoms with Crippen molar-refractivity contribution in [3.05, 3.63) is 94.4 Å². The van der Waals surface area contributed by atoms with Crippen LogP contribution in [-0.4, -0.2) is 63.4 Å². The fourth-order valence-electron chi connectivity index (χ4n) is 4.53. The zero-order valence-corrected chi connectivity index (χ0v) is 23.0. The first-order chi connectivity index (χ1) is 20.6. The molecular weight excluding hydrogens is 563 g/mol. The third-order valence-corrected chi connectivity index (χ3v) is 6.71. The van der Waals surface area contributed by atoms with Gasteiger partial charge in [0.2, 0.25) is 11.8 Å². The lowest BCUT2D eigenvalue weighted by molar-refractivity contribution is -0.138. The maximum absolute atomic E-state index is 13.9. The molecule has 4 aromatic rings. The quantitative estimate of drug-likeness (QED) is 0.172. The summed E-state index contributed by atoms with van der Waals surface area (Å²) < 4.78 is 43.3. The predicted molar refractivity (Wildman–Crippen MR) is 151 cm³/mol. The number of halogens is 3. The van der Waals surface area contributed by atoms with E-state index in [1.54, 1.807) is 52.1 Å². The van der Waals surface area contributed by atoms with Gasteiger partial charge in [0.05, 0.1) is 24.8 Å². The minimum atomic E-state index is -4.66. The fraction of sp³-hybridized carbons (Fsp3) is 0.233. The van der Waals surface area contributed by atoms with Crippen LogP contribution in [0.5, 0.6) is 0 Å². The normalized spacial score (nSPS) is 13.9. The van der Waals surface area contributed by atoms with Crippen LogP contribution in [0.4, 0.5) is 18.9 Å². The van der Waals surface area contributed by atoms with Crippen molar-refractivity contribution in [2.45, 2.75) is 19.6 Å². The molecule has 0 atom stereocenters. The van der Waals surface area contributed by atoms with E-state index in [9.17, 15) is 27.6 Å². The molecule has 0 aliphatic carbocycles. The van der Waals surface area contributed by atoms with E-state index in [1.807, 2.05) is 6.92 Å². The van der Waals surface area contributed by atoms with Gasteiger partial charge in [-0.05, 0) is 60.4 Å². The van der Waals surface area contributed by atoms with Crippen molar-refractivity contribution in [3.8, 4) is 11.8 Å². The highest BCUT2D eigenvalue weighted by Gasteiger charge is 2.33. The topological polar surface area (TPSA) is 121 Å². The highest BCUT2D eigenvalue weighted by Crippen LogP contribution is 2.34. The number of imidazole rings is 1. The number of benzene rings is 2. The Balaban J connectivity index is 1.26. The number of carbonyl (C=O) groups is 3. The summed E-state index contributed by atoms with van der Waals surface area (Å²) in [5.74, 6) is 4.62. The molecule has 43 heavy (non-hydrogen) atoms. The van der Waals surface area contributed by atoms with E-state index in [0.29, 0.717) is 23.4 Å². The van der Waals surface area contributed by atoms with Crippen LogP contribution in [0.15, 0.2) is 60.9 Å². The van der Waals surface area contributed by atoms with Gasteiger partial charge in [-0.1, -0.05) is 18.1 Å². The van der Waals surface area contributed by atoms with Crippen molar-refractivity contribution in [1.29, 1.82) is 0 Å². The van der Waals surface area contributed by atoms with E-state index in [2.05, 4.69) is 37.9 Å². The number of hydrogen-bond donors (Lipinski definition) is 3. The lowest BCUT2D eigenvalue weighted by Gasteiger charge is -2.25. The molecule has 1 aliphatic rings. The van der Waals surface area contributed by atoms with Crippen molar-refractivity contribution in [1.82, 2.24) is 30.1 Å². The van der Waals surface area contributed by atoms with Gasteiger partial charge in [-0.3, -0.25) is 24.6 Å². The van der Waals surface area contributed by atoms with Crippen LogP contribution in [0.25, 0.3) is 5.65 Å². The van der Waals surface area contributed by atoms with Gasteiger partial charge in [0, 0.05) is 42.6 Å². The third-order valence-electron chi connectivity index (χ3n) is 6.71. The standard InChI is InChI=1S/C30H26F3N7O3/c1-19-4-5-21(13-20(19)7-9-24-16-35-26-3-2-10-36-40(24)26)29(43)37-23-8-6-22(25(14-23)30(31,32)33)15-34-11-12-39-17-27(41)38-28(42)18-39/h2-6,8,10,13-14,16,34H,11-12,15,17-18H2,1H3,(H,37,43)(H,38,41,42). The number of rotatable bonds is 7. The number of piperazine rings is 1. The molecule has 0 bridgehead atoms. The van der Waals surface area contributed by atoms with Crippen LogP contribution >= 0.6 is 0 Å². The van der Waals surface area contributed by atoms with Crippen LogP contribution in [-0.2, 0) is 22.3 Å². The van der Waals surface area contributed by atoms with Crippen molar-refractivity contribution in [2.75, 3.05) is 31.5 Å². The average Bonchev–Trinajstić information content (AvgIpc) is 3.37. The Hall–Kier alpha value is -5.06. The summed E-state index contributed by atoms with van der Waals surface area (Å²) in [6, 6.07) is 12.0. The highest BCUT2D eigenvalue weighted by atomic mass is 19.4. The van der Waals surface area contributed by atoms with Crippen molar-refractivity contribution >= 4 is 29.1 Å². The smallest absolute Gasteiger partial charge is 0.322 e. The SMILES string of the molecule is Cc1ccc(C(=O)Nc2ccc(CNCCN3CC(=O)NC(=O)C3)c(C(F)(F)F)c2)cc1C#Cc1cnc2cccnn12. The van der Waals surface area contributed by atoms with E-state index >= 15 is 0 Å². The number of carbonyl (C=O) groups excluding carboxylic acids is 3. The first-order valence-corrected chi connectivity index (χ1v) is 13.3. The Kier molecular flexibility index (Phi) is 8.51. The molecule has 0 unspecified atom stereocenters. The summed E-state index contributed by atoms with van der Waals surface area (Å²) in [5, 5.41) is 11.9. The molecule has 1 saturated heterocycles. The number of aryl methyl sites for hydroxylation is 1. The van der Waals surface area contributed by atoms with Gasteiger partial charge in [0.15, 0.2) is 5.65 Å². The molecule has 0 radical (unpaired) electrons.